The van der Waals surface area contributed by atoms with Gasteiger partial charge in [-0.1, -0.05) is 6.92 Å². The van der Waals surface area contributed by atoms with Gasteiger partial charge in [-0.25, -0.2) is 0 Å². The molecule has 2 rings (SSSR count). The fourth-order valence-corrected chi connectivity index (χ4v) is 2.51. The van der Waals surface area contributed by atoms with Crippen molar-refractivity contribution in [1.29, 1.82) is 0 Å². The molecular formula is C12H22N4. The third-order valence-corrected chi connectivity index (χ3v) is 3.58. The molecule has 0 spiro atoms. The quantitative estimate of drug-likeness (QED) is 0.832. The summed E-state index contributed by atoms with van der Waals surface area (Å²) < 4.78 is 1.92. The van der Waals surface area contributed by atoms with Gasteiger partial charge in [0, 0.05) is 26.1 Å². The molecule has 1 aliphatic heterocycles. The maximum absolute atomic E-state index is 5.68. The number of aryl methyl sites for hydroxylation is 1. The molecule has 4 heteroatoms. The maximum Gasteiger partial charge on any atom is 0.0671 e. The van der Waals surface area contributed by atoms with Crippen molar-refractivity contribution < 1.29 is 0 Å². The first-order valence-corrected chi connectivity index (χ1v) is 6.19. The predicted molar refractivity (Wildman–Crippen MR) is 65.2 cm³/mol. The standard InChI is InChI=1S/C12H22N4/c1-3-16-6-4-5-10(9-16)12-7-11(8-13)15(2)14-12/h7,10H,3-6,8-9,13H2,1-2H3. The highest BCUT2D eigenvalue weighted by Gasteiger charge is 2.22. The lowest BCUT2D eigenvalue weighted by atomic mass is 9.95. The van der Waals surface area contributed by atoms with E-state index < -0.39 is 0 Å². The summed E-state index contributed by atoms with van der Waals surface area (Å²) in [5.74, 6) is 0.597. The highest BCUT2D eigenvalue weighted by molar-refractivity contribution is 5.15. The van der Waals surface area contributed by atoms with Crippen molar-refractivity contribution in [3.05, 3.63) is 17.5 Å². The molecule has 1 saturated heterocycles. The molecule has 0 amide bonds. The zero-order chi connectivity index (χ0) is 11.5. The van der Waals surface area contributed by atoms with Crippen LogP contribution in [0.2, 0.25) is 0 Å². The molecule has 0 aliphatic carbocycles. The van der Waals surface area contributed by atoms with Crippen LogP contribution in [0.5, 0.6) is 0 Å². The zero-order valence-electron chi connectivity index (χ0n) is 10.3. The molecule has 0 aromatic carbocycles. The number of likely N-dealkylation sites (N-methyl/N-ethyl adjacent to an activating group) is 1. The van der Waals surface area contributed by atoms with E-state index in [-0.39, 0.29) is 0 Å². The van der Waals surface area contributed by atoms with Crippen LogP contribution >= 0.6 is 0 Å². The minimum absolute atomic E-state index is 0.577. The summed E-state index contributed by atoms with van der Waals surface area (Å²) in [5, 5.41) is 4.58. The Labute approximate surface area is 97.4 Å². The van der Waals surface area contributed by atoms with E-state index in [9.17, 15) is 0 Å². The minimum Gasteiger partial charge on any atom is -0.325 e. The van der Waals surface area contributed by atoms with Crippen molar-refractivity contribution in [1.82, 2.24) is 14.7 Å². The molecular weight excluding hydrogens is 200 g/mol. The molecule has 0 bridgehead atoms. The number of likely N-dealkylation sites (tertiary alicyclic amines) is 1. The average molecular weight is 222 g/mol. The topological polar surface area (TPSA) is 47.1 Å². The van der Waals surface area contributed by atoms with E-state index in [4.69, 9.17) is 5.73 Å². The fraction of sp³-hybridized carbons (Fsp3) is 0.750. The van der Waals surface area contributed by atoms with Gasteiger partial charge in [-0.3, -0.25) is 4.68 Å². The SMILES string of the molecule is CCN1CCCC(c2cc(CN)n(C)n2)C1. The van der Waals surface area contributed by atoms with Gasteiger partial charge in [0.1, 0.15) is 0 Å². The first-order chi connectivity index (χ1) is 7.74. The van der Waals surface area contributed by atoms with Gasteiger partial charge in [0.25, 0.3) is 0 Å². The van der Waals surface area contributed by atoms with Crippen LogP contribution in [0.15, 0.2) is 6.07 Å². The number of nitrogens with two attached hydrogens (primary N) is 1. The number of hydrogen-bond acceptors (Lipinski definition) is 3. The van der Waals surface area contributed by atoms with Crippen molar-refractivity contribution >= 4 is 0 Å². The summed E-state index contributed by atoms with van der Waals surface area (Å²) in [6.45, 7) is 6.34. The van der Waals surface area contributed by atoms with Gasteiger partial charge in [0.05, 0.1) is 11.4 Å². The van der Waals surface area contributed by atoms with Gasteiger partial charge in [-0.05, 0) is 32.0 Å². The number of nitrogens with zero attached hydrogens (tertiary/aromatic N) is 3. The highest BCUT2D eigenvalue weighted by Crippen LogP contribution is 2.26. The smallest absolute Gasteiger partial charge is 0.0671 e. The molecule has 2 N–H and O–H groups in total. The Morgan fingerprint density at radius 3 is 3.00 bits per heavy atom. The van der Waals surface area contributed by atoms with Gasteiger partial charge >= 0.3 is 0 Å². The van der Waals surface area contributed by atoms with Crippen LogP contribution in [0.25, 0.3) is 0 Å². The van der Waals surface area contributed by atoms with Gasteiger partial charge in [-0.15, -0.1) is 0 Å². The Morgan fingerprint density at radius 1 is 1.56 bits per heavy atom. The van der Waals surface area contributed by atoms with Crippen molar-refractivity contribution in [2.75, 3.05) is 19.6 Å². The Kier molecular flexibility index (Phi) is 3.61. The number of rotatable bonds is 3. The van der Waals surface area contributed by atoms with Gasteiger partial charge in [-0.2, -0.15) is 5.10 Å². The number of hydrogen-bond donors (Lipinski definition) is 1. The molecule has 1 unspecified atom stereocenters. The first kappa shape index (κ1) is 11.6. The Morgan fingerprint density at radius 2 is 2.38 bits per heavy atom. The largest absolute Gasteiger partial charge is 0.325 e. The molecule has 2 heterocycles. The van der Waals surface area contributed by atoms with Crippen LogP contribution in [0.4, 0.5) is 0 Å². The Bertz CT molecular complexity index is 345. The monoisotopic (exact) mass is 222 g/mol. The third-order valence-electron chi connectivity index (χ3n) is 3.58. The zero-order valence-corrected chi connectivity index (χ0v) is 10.3. The molecule has 1 aliphatic rings. The number of aromatic nitrogens is 2. The second kappa shape index (κ2) is 4.97. The molecule has 0 saturated carbocycles. The second-order valence-electron chi connectivity index (χ2n) is 4.62. The average Bonchev–Trinajstić information content (AvgIpc) is 2.71. The summed E-state index contributed by atoms with van der Waals surface area (Å²) in [4.78, 5) is 2.50. The lowest BCUT2D eigenvalue weighted by molar-refractivity contribution is 0.215. The molecule has 90 valence electrons. The van der Waals surface area contributed by atoms with Crippen LogP contribution < -0.4 is 5.73 Å². The molecule has 1 aromatic heterocycles. The predicted octanol–water partition coefficient (Wildman–Crippen LogP) is 1.08. The van der Waals surface area contributed by atoms with E-state index in [1.807, 2.05) is 11.7 Å². The number of piperidine rings is 1. The summed E-state index contributed by atoms with van der Waals surface area (Å²) in [6, 6.07) is 2.17. The van der Waals surface area contributed by atoms with Crippen molar-refractivity contribution in [2.24, 2.45) is 12.8 Å². The van der Waals surface area contributed by atoms with Crippen LogP contribution in [0.1, 0.15) is 37.1 Å². The maximum atomic E-state index is 5.68. The minimum atomic E-state index is 0.577. The van der Waals surface area contributed by atoms with E-state index in [1.54, 1.807) is 0 Å². The summed E-state index contributed by atoms with van der Waals surface area (Å²) in [6.07, 6.45) is 2.55. The van der Waals surface area contributed by atoms with Gasteiger partial charge in [0.15, 0.2) is 0 Å². The van der Waals surface area contributed by atoms with Crippen molar-refractivity contribution in [2.45, 2.75) is 32.2 Å². The normalized spacial score (nSPS) is 22.6. The van der Waals surface area contributed by atoms with Crippen LogP contribution in [0, 0.1) is 0 Å². The lowest BCUT2D eigenvalue weighted by Gasteiger charge is -2.30. The summed E-state index contributed by atoms with van der Waals surface area (Å²) in [7, 11) is 1.98. The van der Waals surface area contributed by atoms with E-state index >= 15 is 0 Å². The Hall–Kier alpha value is -0.870. The highest BCUT2D eigenvalue weighted by atomic mass is 15.3. The van der Waals surface area contributed by atoms with E-state index in [2.05, 4.69) is 23.0 Å². The van der Waals surface area contributed by atoms with Crippen LogP contribution in [-0.2, 0) is 13.6 Å². The summed E-state index contributed by atoms with van der Waals surface area (Å²) >= 11 is 0. The molecule has 1 atom stereocenters. The van der Waals surface area contributed by atoms with Gasteiger partial charge in [0.2, 0.25) is 0 Å². The summed E-state index contributed by atoms with van der Waals surface area (Å²) in [5.41, 5.74) is 8.03. The molecule has 1 aromatic rings. The molecule has 16 heavy (non-hydrogen) atoms. The van der Waals surface area contributed by atoms with Gasteiger partial charge < -0.3 is 10.6 Å². The first-order valence-electron chi connectivity index (χ1n) is 6.19. The van der Waals surface area contributed by atoms with Crippen LogP contribution in [-0.4, -0.2) is 34.3 Å². The fourth-order valence-electron chi connectivity index (χ4n) is 2.51. The van der Waals surface area contributed by atoms with Crippen molar-refractivity contribution in [3.63, 3.8) is 0 Å². The third kappa shape index (κ3) is 2.28. The van der Waals surface area contributed by atoms with E-state index in [0.717, 1.165) is 18.8 Å². The Balaban J connectivity index is 2.10. The second-order valence-corrected chi connectivity index (χ2v) is 4.62. The lowest BCUT2D eigenvalue weighted by Crippen LogP contribution is -2.34. The molecule has 1 fully saturated rings. The van der Waals surface area contributed by atoms with Crippen LogP contribution in [0.3, 0.4) is 0 Å². The van der Waals surface area contributed by atoms with Crippen molar-refractivity contribution in [3.8, 4) is 0 Å². The molecule has 4 nitrogen and oxygen atoms in total. The molecule has 0 radical (unpaired) electrons. The van der Waals surface area contributed by atoms with E-state index in [1.165, 1.54) is 25.1 Å². The van der Waals surface area contributed by atoms with E-state index in [0.29, 0.717) is 12.5 Å².